The highest BCUT2D eigenvalue weighted by Crippen LogP contribution is 2.09. The zero-order chi connectivity index (χ0) is 18.8. The highest BCUT2D eigenvalue weighted by Gasteiger charge is 2.11. The fraction of sp³-hybridized carbons (Fsp3) is 0.150. The van der Waals surface area contributed by atoms with Crippen molar-refractivity contribution in [3.63, 3.8) is 0 Å². The summed E-state index contributed by atoms with van der Waals surface area (Å²) in [6.45, 7) is 2.23. The third-order valence-corrected chi connectivity index (χ3v) is 4.87. The van der Waals surface area contributed by atoms with Crippen LogP contribution in [0.15, 0.2) is 83.8 Å². The minimum absolute atomic E-state index is 0.125. The molecule has 26 heavy (non-hydrogen) atoms. The van der Waals surface area contributed by atoms with E-state index in [0.29, 0.717) is 0 Å². The fourth-order valence-corrected chi connectivity index (χ4v) is 2.99. The van der Waals surface area contributed by atoms with Crippen molar-refractivity contribution in [2.75, 3.05) is 6.54 Å². The number of benzene rings is 2. The van der Waals surface area contributed by atoms with Gasteiger partial charge in [-0.05, 0) is 24.6 Å². The Morgan fingerprint density at radius 3 is 2.42 bits per heavy atom. The van der Waals surface area contributed by atoms with E-state index in [1.165, 1.54) is 12.2 Å². The van der Waals surface area contributed by atoms with Gasteiger partial charge in [0.1, 0.15) is 6.61 Å². The van der Waals surface area contributed by atoms with E-state index in [1.807, 2.05) is 37.3 Å². The molecule has 0 aliphatic carbocycles. The zero-order valence-electron chi connectivity index (χ0n) is 14.5. The zero-order valence-corrected chi connectivity index (χ0v) is 15.3. The van der Waals surface area contributed by atoms with Crippen molar-refractivity contribution in [3.8, 4) is 0 Å². The van der Waals surface area contributed by atoms with E-state index in [4.69, 9.17) is 4.74 Å². The molecule has 0 aliphatic heterocycles. The average molecular weight is 371 g/mol. The highest BCUT2D eigenvalue weighted by atomic mass is 32.2. The van der Waals surface area contributed by atoms with Crippen molar-refractivity contribution in [1.29, 1.82) is 0 Å². The molecule has 6 heteroatoms. The lowest BCUT2D eigenvalue weighted by Gasteiger charge is -2.04. The van der Waals surface area contributed by atoms with Crippen LogP contribution in [0.2, 0.25) is 0 Å². The van der Waals surface area contributed by atoms with Gasteiger partial charge in [-0.2, -0.15) is 0 Å². The molecule has 0 unspecified atom stereocenters. The Balaban J connectivity index is 1.73. The molecule has 0 spiro atoms. The molecule has 0 atom stereocenters. The minimum Gasteiger partial charge on any atom is -0.458 e. The van der Waals surface area contributed by atoms with Gasteiger partial charge in [0.15, 0.2) is 0 Å². The number of carbonyl (C=O) groups is 1. The summed E-state index contributed by atoms with van der Waals surface area (Å²) in [6, 6.07) is 16.0. The first-order valence-electron chi connectivity index (χ1n) is 8.07. The van der Waals surface area contributed by atoms with E-state index >= 15 is 0 Å². The number of hydrogen-bond donors (Lipinski definition) is 1. The molecule has 0 saturated heterocycles. The average Bonchev–Trinajstić information content (AvgIpc) is 2.64. The van der Waals surface area contributed by atoms with Crippen molar-refractivity contribution < 1.29 is 17.9 Å². The lowest BCUT2D eigenvalue weighted by atomic mass is 10.2. The Kier molecular flexibility index (Phi) is 7.32. The van der Waals surface area contributed by atoms with Crippen LogP contribution in [-0.4, -0.2) is 20.9 Å². The molecule has 0 bridgehead atoms. The predicted molar refractivity (Wildman–Crippen MR) is 101 cm³/mol. The second-order valence-corrected chi connectivity index (χ2v) is 7.31. The van der Waals surface area contributed by atoms with E-state index in [2.05, 4.69) is 4.72 Å². The molecular formula is C20H21NO4S. The van der Waals surface area contributed by atoms with Crippen LogP contribution in [0.1, 0.15) is 11.1 Å². The van der Waals surface area contributed by atoms with Crippen LogP contribution in [-0.2, 0) is 26.2 Å². The van der Waals surface area contributed by atoms with Crippen molar-refractivity contribution in [3.05, 3.63) is 90.0 Å². The molecule has 0 heterocycles. The van der Waals surface area contributed by atoms with Crippen molar-refractivity contribution in [2.24, 2.45) is 0 Å². The summed E-state index contributed by atoms with van der Waals surface area (Å²) in [5.41, 5.74) is 1.91. The molecule has 2 rings (SSSR count). The van der Waals surface area contributed by atoms with Gasteiger partial charge in [-0.25, -0.2) is 17.9 Å². The summed E-state index contributed by atoms with van der Waals surface area (Å²) in [4.78, 5) is 11.8. The monoisotopic (exact) mass is 371 g/mol. The first-order valence-corrected chi connectivity index (χ1v) is 9.56. The molecule has 0 aliphatic rings. The summed E-state index contributed by atoms with van der Waals surface area (Å²) in [7, 11) is -3.54. The number of nitrogens with one attached hydrogen (secondary N) is 1. The van der Waals surface area contributed by atoms with Crippen molar-refractivity contribution in [1.82, 2.24) is 4.72 Å². The normalized spacial score (nSPS) is 11.9. The Morgan fingerprint density at radius 2 is 1.73 bits per heavy atom. The van der Waals surface area contributed by atoms with Crippen LogP contribution in [0.3, 0.4) is 0 Å². The number of carbonyl (C=O) groups excluding carboxylic acids is 1. The van der Waals surface area contributed by atoms with Gasteiger partial charge in [0.25, 0.3) is 0 Å². The molecule has 0 radical (unpaired) electrons. The van der Waals surface area contributed by atoms with Crippen LogP contribution in [0.25, 0.3) is 0 Å². The van der Waals surface area contributed by atoms with Crippen LogP contribution >= 0.6 is 0 Å². The highest BCUT2D eigenvalue weighted by molar-refractivity contribution is 7.89. The van der Waals surface area contributed by atoms with Crippen molar-refractivity contribution >= 4 is 16.0 Å². The lowest BCUT2D eigenvalue weighted by molar-refractivity contribution is -0.139. The van der Waals surface area contributed by atoms with Gasteiger partial charge in [-0.3, -0.25) is 0 Å². The lowest BCUT2D eigenvalue weighted by Crippen LogP contribution is -2.23. The van der Waals surface area contributed by atoms with Crippen LogP contribution in [0.5, 0.6) is 0 Å². The van der Waals surface area contributed by atoms with Gasteiger partial charge in [0, 0.05) is 12.6 Å². The standard InChI is InChI=1S/C20H21NO4S/c1-17-11-13-19(14-12-17)26(23,24)21-15-7-3-6-10-20(22)25-16-18-8-4-2-5-9-18/h2-14,21H,15-16H2,1H3/b7-3-,10-6+. The fourth-order valence-electron chi connectivity index (χ4n) is 2.02. The van der Waals surface area contributed by atoms with Crippen LogP contribution in [0, 0.1) is 6.92 Å². The number of esters is 1. The second kappa shape index (κ2) is 9.70. The van der Waals surface area contributed by atoms with E-state index < -0.39 is 16.0 Å². The number of ether oxygens (including phenoxy) is 1. The maximum Gasteiger partial charge on any atom is 0.331 e. The van der Waals surface area contributed by atoms with E-state index in [-0.39, 0.29) is 18.0 Å². The third-order valence-electron chi connectivity index (χ3n) is 3.43. The second-order valence-electron chi connectivity index (χ2n) is 5.55. The van der Waals surface area contributed by atoms with Crippen LogP contribution < -0.4 is 4.72 Å². The van der Waals surface area contributed by atoms with E-state index in [0.717, 1.165) is 11.1 Å². The topological polar surface area (TPSA) is 72.5 Å². The molecule has 1 N–H and O–H groups in total. The van der Waals surface area contributed by atoms with Gasteiger partial charge in [-0.15, -0.1) is 0 Å². The van der Waals surface area contributed by atoms with Crippen LogP contribution in [0.4, 0.5) is 0 Å². The van der Waals surface area contributed by atoms with Gasteiger partial charge in [0.2, 0.25) is 10.0 Å². The number of aryl methyl sites for hydroxylation is 1. The molecule has 2 aromatic rings. The molecular weight excluding hydrogens is 350 g/mol. The Hall–Kier alpha value is -2.70. The SMILES string of the molecule is Cc1ccc(S(=O)(=O)NC/C=C\C=C\C(=O)OCc2ccccc2)cc1. The Labute approximate surface area is 154 Å². The Bertz CT molecular complexity index is 870. The van der Waals surface area contributed by atoms with Gasteiger partial charge >= 0.3 is 5.97 Å². The molecule has 136 valence electrons. The van der Waals surface area contributed by atoms with Gasteiger partial charge in [0.05, 0.1) is 4.90 Å². The summed E-state index contributed by atoms with van der Waals surface area (Å²) < 4.78 is 31.7. The quantitative estimate of drug-likeness (QED) is 0.440. The van der Waals surface area contributed by atoms with Crippen molar-refractivity contribution in [2.45, 2.75) is 18.4 Å². The van der Waals surface area contributed by atoms with Gasteiger partial charge < -0.3 is 4.74 Å². The molecule has 0 amide bonds. The number of rotatable bonds is 8. The largest absolute Gasteiger partial charge is 0.458 e. The van der Waals surface area contributed by atoms with E-state index in [1.54, 1.807) is 36.4 Å². The first kappa shape index (κ1) is 19.6. The smallest absolute Gasteiger partial charge is 0.331 e. The summed E-state index contributed by atoms with van der Waals surface area (Å²) >= 11 is 0. The predicted octanol–water partition coefficient (Wildman–Crippen LogP) is 3.13. The summed E-state index contributed by atoms with van der Waals surface area (Å²) in [5, 5.41) is 0. The first-order chi connectivity index (χ1) is 12.5. The number of allylic oxidation sites excluding steroid dienone is 2. The van der Waals surface area contributed by atoms with E-state index in [9.17, 15) is 13.2 Å². The maximum atomic E-state index is 12.1. The molecule has 0 aromatic heterocycles. The Morgan fingerprint density at radius 1 is 1.04 bits per heavy atom. The number of hydrogen-bond acceptors (Lipinski definition) is 4. The molecule has 0 saturated carbocycles. The molecule has 2 aromatic carbocycles. The third kappa shape index (κ3) is 6.66. The minimum atomic E-state index is -3.54. The number of sulfonamides is 1. The summed E-state index contributed by atoms with van der Waals surface area (Å²) in [6.07, 6.45) is 5.98. The maximum absolute atomic E-state index is 12.1. The molecule has 0 fully saturated rings. The summed E-state index contributed by atoms with van der Waals surface area (Å²) in [5.74, 6) is -0.460. The van der Waals surface area contributed by atoms with Gasteiger partial charge in [-0.1, -0.05) is 66.3 Å². The molecule has 5 nitrogen and oxygen atoms in total.